The van der Waals surface area contributed by atoms with E-state index in [4.69, 9.17) is 4.74 Å². The zero-order valence-electron chi connectivity index (χ0n) is 13.4. The maximum absolute atomic E-state index is 11.7. The van der Waals surface area contributed by atoms with Crippen LogP contribution in [0, 0.1) is 0 Å². The van der Waals surface area contributed by atoms with Gasteiger partial charge in [-0.1, -0.05) is 49.4 Å². The third kappa shape index (κ3) is 9.07. The van der Waals surface area contributed by atoms with E-state index in [1.807, 2.05) is 30.3 Å². The van der Waals surface area contributed by atoms with Crippen LogP contribution in [-0.4, -0.2) is 26.8 Å². The summed E-state index contributed by atoms with van der Waals surface area (Å²) in [5.41, 5.74) is 1.08. The Bertz CT molecular complexity index is 636. The van der Waals surface area contributed by atoms with Gasteiger partial charge in [-0.15, -0.1) is 0 Å². The minimum Gasteiger partial charge on any atom is -0.373 e. The van der Waals surface area contributed by atoms with E-state index in [1.165, 1.54) is 0 Å². The van der Waals surface area contributed by atoms with Crippen molar-refractivity contribution in [3.05, 3.63) is 59.5 Å². The SMILES string of the molecule is CCC(=O)C=CS(=O)(=O)NC(C)C=CCOCc1ccccc1. The van der Waals surface area contributed by atoms with Crippen molar-refractivity contribution >= 4 is 15.8 Å². The van der Waals surface area contributed by atoms with Crippen molar-refractivity contribution in [2.24, 2.45) is 0 Å². The molecule has 0 aromatic heterocycles. The third-order valence-corrected chi connectivity index (χ3v) is 4.08. The molecule has 5 nitrogen and oxygen atoms in total. The van der Waals surface area contributed by atoms with Crippen LogP contribution >= 0.6 is 0 Å². The van der Waals surface area contributed by atoms with Crippen molar-refractivity contribution in [2.45, 2.75) is 32.9 Å². The number of ketones is 1. The smallest absolute Gasteiger partial charge is 0.234 e. The number of hydrogen-bond acceptors (Lipinski definition) is 4. The average molecular weight is 337 g/mol. The van der Waals surface area contributed by atoms with E-state index in [0.29, 0.717) is 13.2 Å². The number of carbonyl (C=O) groups is 1. The Kier molecular flexibility index (Phi) is 8.47. The van der Waals surface area contributed by atoms with Crippen LogP contribution in [0.3, 0.4) is 0 Å². The Morgan fingerprint density at radius 3 is 2.65 bits per heavy atom. The number of benzene rings is 1. The van der Waals surface area contributed by atoms with Gasteiger partial charge < -0.3 is 4.74 Å². The summed E-state index contributed by atoms with van der Waals surface area (Å²) < 4.78 is 31.3. The molecule has 0 heterocycles. The molecule has 0 aliphatic rings. The molecular weight excluding hydrogens is 314 g/mol. The largest absolute Gasteiger partial charge is 0.373 e. The fraction of sp³-hybridized carbons (Fsp3) is 0.353. The molecule has 1 atom stereocenters. The molecule has 0 aliphatic heterocycles. The molecule has 0 spiro atoms. The van der Waals surface area contributed by atoms with Gasteiger partial charge in [-0.05, 0) is 18.6 Å². The lowest BCUT2D eigenvalue weighted by molar-refractivity contribution is -0.114. The summed E-state index contributed by atoms with van der Waals surface area (Å²) in [6.07, 6.45) is 4.82. The lowest BCUT2D eigenvalue weighted by Gasteiger charge is -2.07. The predicted octanol–water partition coefficient (Wildman–Crippen LogP) is 2.56. The number of ether oxygens (including phenoxy) is 1. The number of hydrogen-bond donors (Lipinski definition) is 1. The van der Waals surface area contributed by atoms with Crippen LogP contribution in [-0.2, 0) is 26.2 Å². The first-order chi connectivity index (χ1) is 10.9. The Morgan fingerprint density at radius 2 is 2.00 bits per heavy atom. The highest BCUT2D eigenvalue weighted by Gasteiger charge is 2.08. The van der Waals surface area contributed by atoms with Crippen molar-refractivity contribution in [3.63, 3.8) is 0 Å². The van der Waals surface area contributed by atoms with E-state index < -0.39 is 10.0 Å². The van der Waals surface area contributed by atoms with Gasteiger partial charge in [0.15, 0.2) is 5.78 Å². The molecule has 0 fully saturated rings. The van der Waals surface area contributed by atoms with Crippen molar-refractivity contribution in [2.75, 3.05) is 6.61 Å². The Morgan fingerprint density at radius 1 is 1.30 bits per heavy atom. The zero-order valence-corrected chi connectivity index (χ0v) is 14.3. The molecule has 23 heavy (non-hydrogen) atoms. The van der Waals surface area contributed by atoms with Crippen LogP contribution in [0.15, 0.2) is 54.0 Å². The van der Waals surface area contributed by atoms with Gasteiger partial charge in [0.05, 0.1) is 13.2 Å². The third-order valence-electron chi connectivity index (χ3n) is 2.88. The predicted molar refractivity (Wildman–Crippen MR) is 91.2 cm³/mol. The maximum atomic E-state index is 11.7. The summed E-state index contributed by atoms with van der Waals surface area (Å²) in [7, 11) is -3.62. The summed E-state index contributed by atoms with van der Waals surface area (Å²) in [6, 6.07) is 9.40. The fourth-order valence-electron chi connectivity index (χ4n) is 1.70. The van der Waals surface area contributed by atoms with Crippen LogP contribution in [0.4, 0.5) is 0 Å². The molecule has 0 saturated heterocycles. The Hall–Kier alpha value is -1.76. The Balaban J connectivity index is 2.33. The lowest BCUT2D eigenvalue weighted by atomic mass is 10.2. The van der Waals surface area contributed by atoms with Gasteiger partial charge >= 0.3 is 0 Å². The maximum Gasteiger partial charge on any atom is 0.234 e. The van der Waals surface area contributed by atoms with Gasteiger partial charge in [0.25, 0.3) is 0 Å². The molecule has 0 bridgehead atoms. The second-order valence-corrected chi connectivity index (χ2v) is 6.60. The number of rotatable bonds is 10. The Labute approximate surface area is 138 Å². The minimum absolute atomic E-state index is 0.229. The fourth-order valence-corrected chi connectivity index (χ4v) is 2.71. The zero-order chi connectivity index (χ0) is 17.1. The first kappa shape index (κ1) is 19.3. The van der Waals surface area contributed by atoms with Gasteiger partial charge in [-0.25, -0.2) is 13.1 Å². The van der Waals surface area contributed by atoms with Crippen LogP contribution in [0.5, 0.6) is 0 Å². The molecule has 0 amide bonds. The summed E-state index contributed by atoms with van der Waals surface area (Å²) in [5.74, 6) is -0.229. The van der Waals surface area contributed by atoms with Gasteiger partial charge in [-0.2, -0.15) is 0 Å². The first-order valence-corrected chi connectivity index (χ1v) is 8.99. The van der Waals surface area contributed by atoms with E-state index in [9.17, 15) is 13.2 Å². The van der Waals surface area contributed by atoms with Crippen LogP contribution in [0.25, 0.3) is 0 Å². The molecular formula is C17H23NO4S. The van der Waals surface area contributed by atoms with Crippen LogP contribution in [0.2, 0.25) is 0 Å². The summed E-state index contributed by atoms with van der Waals surface area (Å²) >= 11 is 0. The second-order valence-electron chi connectivity index (χ2n) is 5.00. The quantitative estimate of drug-likeness (QED) is 0.405. The van der Waals surface area contributed by atoms with Crippen LogP contribution in [0.1, 0.15) is 25.8 Å². The summed E-state index contributed by atoms with van der Waals surface area (Å²) in [5, 5.41) is 0.898. The highest BCUT2D eigenvalue weighted by molar-refractivity contribution is 7.92. The van der Waals surface area contributed by atoms with Gasteiger partial charge in [0.2, 0.25) is 10.0 Å². The molecule has 1 aromatic rings. The first-order valence-electron chi connectivity index (χ1n) is 7.44. The highest BCUT2D eigenvalue weighted by atomic mass is 32.2. The number of sulfonamides is 1. The molecule has 126 valence electrons. The summed E-state index contributed by atoms with van der Waals surface area (Å²) in [6.45, 7) is 4.28. The van der Waals surface area contributed by atoms with Gasteiger partial charge in [0.1, 0.15) is 0 Å². The highest BCUT2D eigenvalue weighted by Crippen LogP contribution is 2.00. The topological polar surface area (TPSA) is 72.5 Å². The van der Waals surface area contributed by atoms with Crippen LogP contribution < -0.4 is 4.72 Å². The van der Waals surface area contributed by atoms with Gasteiger partial charge in [0, 0.05) is 17.9 Å². The molecule has 1 aromatic carbocycles. The van der Waals surface area contributed by atoms with E-state index >= 15 is 0 Å². The van der Waals surface area contributed by atoms with Gasteiger partial charge in [-0.3, -0.25) is 4.79 Å². The van der Waals surface area contributed by atoms with Crippen molar-refractivity contribution in [3.8, 4) is 0 Å². The average Bonchev–Trinajstić information content (AvgIpc) is 2.53. The number of allylic oxidation sites excluding steroid dienone is 1. The molecule has 0 radical (unpaired) electrons. The number of nitrogens with one attached hydrogen (secondary N) is 1. The van der Waals surface area contributed by atoms with E-state index in [1.54, 1.807) is 26.0 Å². The molecule has 0 saturated carbocycles. The van der Waals surface area contributed by atoms with E-state index in [2.05, 4.69) is 4.72 Å². The number of carbonyl (C=O) groups excluding carboxylic acids is 1. The van der Waals surface area contributed by atoms with E-state index in [-0.39, 0.29) is 18.2 Å². The van der Waals surface area contributed by atoms with Crippen molar-refractivity contribution in [1.82, 2.24) is 4.72 Å². The second kappa shape index (κ2) is 10.1. The lowest BCUT2D eigenvalue weighted by Crippen LogP contribution is -2.29. The molecule has 6 heteroatoms. The molecule has 0 aliphatic carbocycles. The molecule has 1 rings (SSSR count). The van der Waals surface area contributed by atoms with E-state index in [0.717, 1.165) is 17.0 Å². The van der Waals surface area contributed by atoms with Crippen molar-refractivity contribution in [1.29, 1.82) is 0 Å². The normalized spacial score (nSPS) is 13.7. The van der Waals surface area contributed by atoms with Crippen molar-refractivity contribution < 1.29 is 17.9 Å². The standard InChI is InChI=1S/C17H23NO4S/c1-3-17(19)11-13-23(20,21)18-15(2)8-7-12-22-14-16-9-5-4-6-10-16/h4-11,13,15,18H,3,12,14H2,1-2H3. The monoisotopic (exact) mass is 337 g/mol. The minimum atomic E-state index is -3.62. The molecule has 1 N–H and O–H groups in total. The molecule has 1 unspecified atom stereocenters. The summed E-state index contributed by atoms with van der Waals surface area (Å²) in [4.78, 5) is 11.1.